The van der Waals surface area contributed by atoms with Gasteiger partial charge in [0.1, 0.15) is 11.3 Å². The van der Waals surface area contributed by atoms with Crippen LogP contribution in [0.3, 0.4) is 0 Å². The number of rotatable bonds is 2. The second-order valence-corrected chi connectivity index (χ2v) is 8.89. The number of imide groups is 1. The van der Waals surface area contributed by atoms with Crippen LogP contribution < -0.4 is 15.0 Å². The van der Waals surface area contributed by atoms with Crippen molar-refractivity contribution in [3.8, 4) is 5.75 Å². The van der Waals surface area contributed by atoms with E-state index in [-0.39, 0.29) is 23.8 Å². The summed E-state index contributed by atoms with van der Waals surface area (Å²) in [7, 11) is 1.58. The Morgan fingerprint density at radius 2 is 1.84 bits per heavy atom. The number of hydrogen-bond acceptors (Lipinski definition) is 5. The largest absolute Gasteiger partial charge is 0.497 e. The molecule has 7 nitrogen and oxygen atoms in total. The normalized spacial score (nSPS) is 31.2. The van der Waals surface area contributed by atoms with Crippen molar-refractivity contribution < 1.29 is 19.1 Å². The molecule has 3 amide bonds. The molecule has 0 bridgehead atoms. The van der Waals surface area contributed by atoms with E-state index < -0.39 is 17.4 Å². The van der Waals surface area contributed by atoms with Gasteiger partial charge in [-0.3, -0.25) is 19.3 Å². The first-order valence-electron chi connectivity index (χ1n) is 10.7. The number of aryl methyl sites for hydroxylation is 1. The Labute approximate surface area is 180 Å². The van der Waals surface area contributed by atoms with Crippen molar-refractivity contribution in [1.29, 1.82) is 0 Å². The highest BCUT2D eigenvalue weighted by Crippen LogP contribution is 2.61. The zero-order valence-electron chi connectivity index (χ0n) is 17.4. The number of amides is 3. The number of nitrogens with one attached hydrogen (secondary N) is 1. The second-order valence-electron chi connectivity index (χ2n) is 8.89. The van der Waals surface area contributed by atoms with Gasteiger partial charge in [0, 0.05) is 17.3 Å². The summed E-state index contributed by atoms with van der Waals surface area (Å²) in [5.74, 6) is -1.36. The lowest BCUT2D eigenvalue weighted by atomic mass is 9.75. The standard InChI is InChI=1S/C24H23N3O4/c1-13-5-7-14(8-6-13)27-21(28)19-18-4-3-11-26(18)24(20(19)22(27)29)16-12-15(31-2)9-10-17(16)25-23(24)30/h5-10,12,18-20H,3-4,11H2,1-2H3,(H,25,30)/t18-,19+,20+,24-/m1/s1. The van der Waals surface area contributed by atoms with Gasteiger partial charge in [-0.25, -0.2) is 4.90 Å². The van der Waals surface area contributed by atoms with Crippen LogP contribution in [0, 0.1) is 18.8 Å². The van der Waals surface area contributed by atoms with E-state index in [1.165, 1.54) is 4.90 Å². The van der Waals surface area contributed by atoms with Crippen LogP contribution in [0.4, 0.5) is 11.4 Å². The van der Waals surface area contributed by atoms with Gasteiger partial charge in [-0.2, -0.15) is 0 Å². The van der Waals surface area contributed by atoms with Gasteiger partial charge in [-0.05, 0) is 56.6 Å². The maximum atomic E-state index is 13.9. The average Bonchev–Trinajstić information content (AvgIpc) is 3.47. The summed E-state index contributed by atoms with van der Waals surface area (Å²) in [6, 6.07) is 12.7. The zero-order chi connectivity index (χ0) is 21.5. The lowest BCUT2D eigenvalue weighted by Gasteiger charge is -2.36. The number of anilines is 2. The van der Waals surface area contributed by atoms with Crippen LogP contribution in [0.2, 0.25) is 0 Å². The molecule has 4 atom stereocenters. The minimum Gasteiger partial charge on any atom is -0.497 e. The molecule has 158 valence electrons. The predicted octanol–water partition coefficient (Wildman–Crippen LogP) is 2.43. The third-order valence-corrected chi connectivity index (χ3v) is 7.49. The second kappa shape index (κ2) is 6.17. The van der Waals surface area contributed by atoms with Crippen LogP contribution in [-0.4, -0.2) is 42.3 Å². The van der Waals surface area contributed by atoms with Crippen LogP contribution in [0.25, 0.3) is 0 Å². The van der Waals surface area contributed by atoms with Crippen molar-refractivity contribution in [3.05, 3.63) is 53.6 Å². The fourth-order valence-electron chi connectivity index (χ4n) is 6.26. The molecule has 7 heteroatoms. The molecule has 2 aromatic carbocycles. The number of carbonyl (C=O) groups is 3. The van der Waals surface area contributed by atoms with E-state index in [2.05, 4.69) is 10.2 Å². The third-order valence-electron chi connectivity index (χ3n) is 7.49. The lowest BCUT2D eigenvalue weighted by molar-refractivity contribution is -0.135. The van der Waals surface area contributed by atoms with Gasteiger partial charge >= 0.3 is 0 Å². The molecule has 0 aromatic heterocycles. The van der Waals surface area contributed by atoms with E-state index in [0.29, 0.717) is 23.7 Å². The van der Waals surface area contributed by atoms with E-state index in [0.717, 1.165) is 24.0 Å². The molecule has 3 saturated heterocycles. The molecule has 3 fully saturated rings. The Morgan fingerprint density at radius 3 is 2.58 bits per heavy atom. The number of benzene rings is 2. The molecule has 31 heavy (non-hydrogen) atoms. The van der Waals surface area contributed by atoms with Gasteiger partial charge in [-0.1, -0.05) is 17.7 Å². The number of fused-ring (bicyclic) bond motifs is 7. The van der Waals surface area contributed by atoms with Gasteiger partial charge in [0.05, 0.1) is 24.6 Å². The Balaban J connectivity index is 1.55. The molecule has 0 radical (unpaired) electrons. The molecule has 4 heterocycles. The third kappa shape index (κ3) is 2.14. The average molecular weight is 417 g/mol. The molecule has 1 N–H and O–H groups in total. The molecule has 4 aliphatic heterocycles. The van der Waals surface area contributed by atoms with Crippen molar-refractivity contribution in [1.82, 2.24) is 4.90 Å². The van der Waals surface area contributed by atoms with Crippen LogP contribution in [-0.2, 0) is 19.9 Å². The van der Waals surface area contributed by atoms with Crippen molar-refractivity contribution in [2.75, 3.05) is 23.9 Å². The van der Waals surface area contributed by atoms with Gasteiger partial charge in [0.25, 0.3) is 0 Å². The molecular weight excluding hydrogens is 394 g/mol. The van der Waals surface area contributed by atoms with Gasteiger partial charge < -0.3 is 10.1 Å². The SMILES string of the molecule is COc1ccc2c(c1)[C@]1(C(=O)N2)[C@@H]2C(=O)N(c3ccc(C)cc3)C(=O)[C@H]2[C@H]2CCCN21. The first-order valence-corrected chi connectivity index (χ1v) is 10.7. The van der Waals surface area contributed by atoms with Crippen LogP contribution >= 0.6 is 0 Å². The monoisotopic (exact) mass is 417 g/mol. The summed E-state index contributed by atoms with van der Waals surface area (Å²) < 4.78 is 5.43. The molecular formula is C24H23N3O4. The quantitative estimate of drug-likeness (QED) is 0.760. The summed E-state index contributed by atoms with van der Waals surface area (Å²) in [5, 5.41) is 2.99. The van der Waals surface area contributed by atoms with E-state index in [1.54, 1.807) is 25.3 Å². The Kier molecular flexibility index (Phi) is 3.69. The van der Waals surface area contributed by atoms with E-state index in [1.807, 2.05) is 31.2 Å². The number of methoxy groups -OCH3 is 1. The maximum Gasteiger partial charge on any atom is 0.250 e. The maximum absolute atomic E-state index is 13.9. The molecule has 1 spiro atoms. The minimum absolute atomic E-state index is 0.125. The number of ether oxygens (including phenoxy) is 1. The highest BCUT2D eigenvalue weighted by molar-refractivity contribution is 6.25. The topological polar surface area (TPSA) is 79.0 Å². The summed E-state index contributed by atoms with van der Waals surface area (Å²) in [5.41, 5.74) is 1.87. The van der Waals surface area contributed by atoms with Crippen molar-refractivity contribution in [2.45, 2.75) is 31.3 Å². The first kappa shape index (κ1) is 18.6. The molecule has 4 aliphatic rings. The van der Waals surface area contributed by atoms with Gasteiger partial charge in [-0.15, -0.1) is 0 Å². The minimum atomic E-state index is -1.18. The van der Waals surface area contributed by atoms with E-state index >= 15 is 0 Å². The van der Waals surface area contributed by atoms with E-state index in [4.69, 9.17) is 4.74 Å². The number of nitrogens with zero attached hydrogens (tertiary/aromatic N) is 2. The molecule has 2 aromatic rings. The number of carbonyl (C=O) groups excluding carboxylic acids is 3. The molecule has 0 saturated carbocycles. The molecule has 6 rings (SSSR count). The van der Waals surface area contributed by atoms with Crippen molar-refractivity contribution in [3.63, 3.8) is 0 Å². The zero-order valence-corrected chi connectivity index (χ0v) is 17.4. The highest BCUT2D eigenvalue weighted by atomic mass is 16.5. The highest BCUT2D eigenvalue weighted by Gasteiger charge is 2.74. The smallest absolute Gasteiger partial charge is 0.250 e. The van der Waals surface area contributed by atoms with Crippen molar-refractivity contribution in [2.24, 2.45) is 11.8 Å². The van der Waals surface area contributed by atoms with E-state index in [9.17, 15) is 14.4 Å². The van der Waals surface area contributed by atoms with Gasteiger partial charge in [0.15, 0.2) is 0 Å². The fourth-order valence-corrected chi connectivity index (χ4v) is 6.26. The Morgan fingerprint density at radius 1 is 1.06 bits per heavy atom. The Hall–Kier alpha value is -3.19. The first-order chi connectivity index (χ1) is 15.0. The van der Waals surface area contributed by atoms with Crippen LogP contribution in [0.5, 0.6) is 5.75 Å². The summed E-state index contributed by atoms with van der Waals surface area (Å²) in [4.78, 5) is 44.5. The lowest BCUT2D eigenvalue weighted by Crippen LogP contribution is -2.54. The van der Waals surface area contributed by atoms with Crippen LogP contribution in [0.1, 0.15) is 24.0 Å². The van der Waals surface area contributed by atoms with Crippen molar-refractivity contribution >= 4 is 29.1 Å². The van der Waals surface area contributed by atoms with Crippen LogP contribution in [0.15, 0.2) is 42.5 Å². The Bertz CT molecular complexity index is 1140. The van der Waals surface area contributed by atoms with Gasteiger partial charge in [0.2, 0.25) is 17.7 Å². The molecule has 0 aliphatic carbocycles. The summed E-state index contributed by atoms with van der Waals surface area (Å²) >= 11 is 0. The predicted molar refractivity (Wildman–Crippen MR) is 114 cm³/mol. The summed E-state index contributed by atoms with van der Waals surface area (Å²) in [6.07, 6.45) is 1.70. The summed E-state index contributed by atoms with van der Waals surface area (Å²) in [6.45, 7) is 2.65. The number of hydrogen-bond donors (Lipinski definition) is 1. The fraction of sp³-hybridized carbons (Fsp3) is 0.375. The molecule has 0 unspecified atom stereocenters.